The van der Waals surface area contributed by atoms with Crippen LogP contribution in [0.4, 0.5) is 0 Å². The lowest BCUT2D eigenvalue weighted by atomic mass is 10.0. The van der Waals surface area contributed by atoms with Gasteiger partial charge in [0.1, 0.15) is 0 Å². The average Bonchev–Trinajstić information content (AvgIpc) is 2.01. The maximum absolute atomic E-state index is 5.27. The van der Waals surface area contributed by atoms with Crippen LogP contribution in [-0.4, -0.2) is 19.8 Å². The summed E-state index contributed by atoms with van der Waals surface area (Å²) >= 11 is 0. The van der Waals surface area contributed by atoms with Crippen LogP contribution in [-0.2, 0) is 4.74 Å². The predicted octanol–water partition coefficient (Wildman–Crippen LogP) is 0.677. The lowest BCUT2D eigenvalue weighted by Crippen LogP contribution is -2.35. The molecule has 66 valence electrons. The van der Waals surface area contributed by atoms with Gasteiger partial charge in [-0.3, -0.25) is 11.3 Å². The van der Waals surface area contributed by atoms with Crippen LogP contribution in [0.2, 0.25) is 0 Å². The van der Waals surface area contributed by atoms with Gasteiger partial charge in [-0.1, -0.05) is 13.0 Å². The van der Waals surface area contributed by atoms with Crippen LogP contribution >= 0.6 is 0 Å². The van der Waals surface area contributed by atoms with Crippen LogP contribution in [0, 0.1) is 5.92 Å². The third-order valence-corrected chi connectivity index (χ3v) is 1.61. The zero-order valence-corrected chi connectivity index (χ0v) is 7.34. The molecule has 0 aromatic heterocycles. The number of hydrogen-bond donors (Lipinski definition) is 2. The van der Waals surface area contributed by atoms with Crippen LogP contribution in [0.15, 0.2) is 12.7 Å². The second kappa shape index (κ2) is 6.34. The number of nitrogens with two attached hydrogens (primary N) is 1. The van der Waals surface area contributed by atoms with Gasteiger partial charge in [0.25, 0.3) is 0 Å². The van der Waals surface area contributed by atoms with E-state index in [0.29, 0.717) is 5.92 Å². The molecule has 11 heavy (non-hydrogen) atoms. The summed E-state index contributed by atoms with van der Waals surface area (Å²) in [4.78, 5) is 0. The summed E-state index contributed by atoms with van der Waals surface area (Å²) in [6, 6.07) is 0.195. The van der Waals surface area contributed by atoms with Gasteiger partial charge in [0.05, 0.1) is 0 Å². The molecule has 2 atom stereocenters. The predicted molar refractivity (Wildman–Crippen MR) is 47.0 cm³/mol. The Balaban J connectivity index is 3.53. The Morgan fingerprint density at radius 2 is 2.36 bits per heavy atom. The minimum absolute atomic E-state index is 0.195. The Hall–Kier alpha value is -0.380. The molecular weight excluding hydrogens is 140 g/mol. The molecule has 0 radical (unpaired) electrons. The second-order valence-electron chi connectivity index (χ2n) is 2.81. The van der Waals surface area contributed by atoms with E-state index in [1.165, 1.54) is 0 Å². The van der Waals surface area contributed by atoms with E-state index >= 15 is 0 Å². The van der Waals surface area contributed by atoms with Gasteiger partial charge in [-0.25, -0.2) is 0 Å². The standard InChI is InChI=1S/C8H18N2O/c1-4-8(10-9)5-7(2)6-11-3/h4,7-8,10H,1,5-6,9H2,2-3H3. The van der Waals surface area contributed by atoms with Crippen molar-refractivity contribution in [3.63, 3.8) is 0 Å². The maximum Gasteiger partial charge on any atom is 0.0488 e. The van der Waals surface area contributed by atoms with E-state index in [2.05, 4.69) is 18.9 Å². The Morgan fingerprint density at radius 3 is 2.73 bits per heavy atom. The highest BCUT2D eigenvalue weighted by Gasteiger charge is 2.07. The SMILES string of the molecule is C=CC(CC(C)COC)NN. The number of hydrazine groups is 1. The van der Waals surface area contributed by atoms with Crippen molar-refractivity contribution in [2.24, 2.45) is 11.8 Å². The molecule has 0 aliphatic carbocycles. The van der Waals surface area contributed by atoms with E-state index in [1.54, 1.807) is 7.11 Å². The van der Waals surface area contributed by atoms with E-state index in [-0.39, 0.29) is 6.04 Å². The molecule has 0 aliphatic rings. The summed E-state index contributed by atoms with van der Waals surface area (Å²) in [6.07, 6.45) is 2.78. The number of rotatable bonds is 6. The molecule has 0 aromatic rings. The molecule has 0 rings (SSSR count). The highest BCUT2D eigenvalue weighted by Crippen LogP contribution is 2.05. The fourth-order valence-corrected chi connectivity index (χ4v) is 1.02. The fourth-order valence-electron chi connectivity index (χ4n) is 1.02. The molecule has 0 aromatic carbocycles. The van der Waals surface area contributed by atoms with Crippen molar-refractivity contribution < 1.29 is 4.74 Å². The van der Waals surface area contributed by atoms with Crippen LogP contribution in [0.1, 0.15) is 13.3 Å². The molecule has 0 spiro atoms. The third kappa shape index (κ3) is 4.95. The van der Waals surface area contributed by atoms with E-state index in [4.69, 9.17) is 10.6 Å². The van der Waals surface area contributed by atoms with Crippen LogP contribution in [0.25, 0.3) is 0 Å². The first-order valence-corrected chi connectivity index (χ1v) is 3.82. The molecule has 2 unspecified atom stereocenters. The summed E-state index contributed by atoms with van der Waals surface area (Å²) < 4.78 is 4.99. The summed E-state index contributed by atoms with van der Waals surface area (Å²) in [6.45, 7) is 6.55. The van der Waals surface area contributed by atoms with Crippen molar-refractivity contribution >= 4 is 0 Å². The van der Waals surface area contributed by atoms with Gasteiger partial charge in [-0.15, -0.1) is 6.58 Å². The van der Waals surface area contributed by atoms with Gasteiger partial charge in [-0.2, -0.15) is 0 Å². The lowest BCUT2D eigenvalue weighted by molar-refractivity contribution is 0.152. The second-order valence-corrected chi connectivity index (χ2v) is 2.81. The monoisotopic (exact) mass is 158 g/mol. The molecule has 0 fully saturated rings. The van der Waals surface area contributed by atoms with Crippen molar-refractivity contribution in [2.45, 2.75) is 19.4 Å². The number of hydrogen-bond acceptors (Lipinski definition) is 3. The lowest BCUT2D eigenvalue weighted by Gasteiger charge is -2.15. The van der Waals surface area contributed by atoms with Gasteiger partial charge < -0.3 is 4.74 Å². The maximum atomic E-state index is 5.27. The topological polar surface area (TPSA) is 47.3 Å². The molecule has 0 saturated heterocycles. The van der Waals surface area contributed by atoms with Gasteiger partial charge in [0, 0.05) is 19.8 Å². The average molecular weight is 158 g/mol. The first-order valence-electron chi connectivity index (χ1n) is 3.82. The fraction of sp³-hybridized carbons (Fsp3) is 0.750. The van der Waals surface area contributed by atoms with Crippen molar-refractivity contribution in [1.29, 1.82) is 0 Å². The van der Waals surface area contributed by atoms with E-state index in [0.717, 1.165) is 13.0 Å². The Morgan fingerprint density at radius 1 is 1.73 bits per heavy atom. The van der Waals surface area contributed by atoms with Crippen molar-refractivity contribution in [3.8, 4) is 0 Å². The molecule has 0 saturated carbocycles. The molecule has 0 amide bonds. The quantitative estimate of drug-likeness (QED) is 0.339. The third-order valence-electron chi connectivity index (χ3n) is 1.61. The highest BCUT2D eigenvalue weighted by molar-refractivity contribution is 4.84. The summed E-state index contributed by atoms with van der Waals surface area (Å²) in [5.74, 6) is 5.78. The molecular formula is C8H18N2O. The highest BCUT2D eigenvalue weighted by atomic mass is 16.5. The Kier molecular flexibility index (Phi) is 6.12. The first kappa shape index (κ1) is 10.6. The van der Waals surface area contributed by atoms with Gasteiger partial charge in [-0.05, 0) is 12.3 Å². The van der Waals surface area contributed by atoms with Crippen LogP contribution in [0.3, 0.4) is 0 Å². The van der Waals surface area contributed by atoms with E-state index in [9.17, 15) is 0 Å². The molecule has 0 aliphatic heterocycles. The van der Waals surface area contributed by atoms with E-state index < -0.39 is 0 Å². The Bertz CT molecular complexity index is 106. The van der Waals surface area contributed by atoms with E-state index in [1.807, 2.05) is 6.08 Å². The number of ether oxygens (including phenoxy) is 1. The van der Waals surface area contributed by atoms with Gasteiger partial charge in [0.2, 0.25) is 0 Å². The normalized spacial score (nSPS) is 15.9. The molecule has 3 heteroatoms. The van der Waals surface area contributed by atoms with Gasteiger partial charge in [0.15, 0.2) is 0 Å². The first-order chi connectivity index (χ1) is 5.24. The minimum atomic E-state index is 0.195. The summed E-state index contributed by atoms with van der Waals surface area (Å²) in [7, 11) is 1.70. The van der Waals surface area contributed by atoms with Gasteiger partial charge >= 0.3 is 0 Å². The van der Waals surface area contributed by atoms with Crippen molar-refractivity contribution in [2.75, 3.05) is 13.7 Å². The van der Waals surface area contributed by atoms with Crippen molar-refractivity contribution in [3.05, 3.63) is 12.7 Å². The van der Waals surface area contributed by atoms with Crippen molar-refractivity contribution in [1.82, 2.24) is 5.43 Å². The minimum Gasteiger partial charge on any atom is -0.384 e. The Labute approximate surface area is 68.6 Å². The molecule has 0 heterocycles. The number of nitrogens with one attached hydrogen (secondary N) is 1. The van der Waals surface area contributed by atoms with Crippen LogP contribution in [0.5, 0.6) is 0 Å². The zero-order chi connectivity index (χ0) is 8.69. The van der Waals surface area contributed by atoms with Crippen LogP contribution < -0.4 is 11.3 Å². The summed E-state index contributed by atoms with van der Waals surface area (Å²) in [5, 5.41) is 0. The number of methoxy groups -OCH3 is 1. The molecule has 3 N–H and O–H groups in total. The molecule has 3 nitrogen and oxygen atoms in total. The summed E-state index contributed by atoms with van der Waals surface area (Å²) in [5.41, 5.74) is 2.67. The zero-order valence-electron chi connectivity index (χ0n) is 7.34. The smallest absolute Gasteiger partial charge is 0.0488 e. The molecule has 0 bridgehead atoms. The largest absolute Gasteiger partial charge is 0.384 e.